The molecule has 1 atom stereocenters. The molecule has 2 aliphatic heterocycles. The number of carbonyl (C=O) groups is 2. The van der Waals surface area contributed by atoms with Crippen LogP contribution in [0, 0.1) is 0 Å². The van der Waals surface area contributed by atoms with E-state index < -0.39 is 5.91 Å². The summed E-state index contributed by atoms with van der Waals surface area (Å²) in [7, 11) is 0. The van der Waals surface area contributed by atoms with Gasteiger partial charge in [-0.25, -0.2) is 14.3 Å². The molecule has 3 N–H and O–H groups in total. The molecule has 1 aromatic carbocycles. The molecule has 10 heteroatoms. The summed E-state index contributed by atoms with van der Waals surface area (Å²) in [6.45, 7) is 3.84. The molecule has 1 unspecified atom stereocenters. The van der Waals surface area contributed by atoms with Crippen molar-refractivity contribution in [1.29, 1.82) is 0 Å². The molecule has 154 valence electrons. The van der Waals surface area contributed by atoms with Crippen LogP contribution in [0.25, 0.3) is 11.0 Å². The lowest BCUT2D eigenvalue weighted by Gasteiger charge is -2.27. The Labute approximate surface area is 175 Å². The van der Waals surface area contributed by atoms with E-state index in [9.17, 15) is 9.59 Å². The van der Waals surface area contributed by atoms with Crippen LogP contribution in [0.1, 0.15) is 34.9 Å². The number of hydrogen-bond donors (Lipinski definition) is 2. The first-order chi connectivity index (χ1) is 12.7. The second kappa shape index (κ2) is 9.56. The molecule has 3 heterocycles. The summed E-state index contributed by atoms with van der Waals surface area (Å²) < 4.78 is 6.68. The standard InChI is InChI=1S/C18H23N5O3.2ClH/c19-16(24)17-21-15-13(12-3-2-6-20-11-12)4-1-5-14(15)23(17)18(25)22-7-9-26-10-8-22;;/h1,4-5,12,20H,2-3,6-11H2,(H2,19,24);2*1H. The number of para-hydroxylation sites is 1. The maximum absolute atomic E-state index is 13.1. The predicted molar refractivity (Wildman–Crippen MR) is 111 cm³/mol. The molecule has 2 fully saturated rings. The largest absolute Gasteiger partial charge is 0.378 e. The highest BCUT2D eigenvalue weighted by atomic mass is 35.5. The maximum Gasteiger partial charge on any atom is 0.330 e. The van der Waals surface area contributed by atoms with Gasteiger partial charge in [-0.15, -0.1) is 24.8 Å². The van der Waals surface area contributed by atoms with Crippen molar-refractivity contribution in [3.8, 4) is 0 Å². The van der Waals surface area contributed by atoms with Gasteiger partial charge in [-0.2, -0.15) is 0 Å². The first-order valence-electron chi connectivity index (χ1n) is 9.05. The molecule has 28 heavy (non-hydrogen) atoms. The number of halogens is 2. The molecule has 0 saturated carbocycles. The van der Waals surface area contributed by atoms with E-state index in [1.165, 1.54) is 4.57 Å². The van der Waals surface area contributed by atoms with E-state index in [4.69, 9.17) is 10.5 Å². The van der Waals surface area contributed by atoms with Gasteiger partial charge in [-0.1, -0.05) is 12.1 Å². The molecule has 4 rings (SSSR count). The molecule has 2 aromatic rings. The molecular weight excluding hydrogens is 405 g/mol. The van der Waals surface area contributed by atoms with Crippen molar-refractivity contribution in [2.45, 2.75) is 18.8 Å². The number of nitrogens with zero attached hydrogens (tertiary/aromatic N) is 3. The fraction of sp³-hybridized carbons (Fsp3) is 0.500. The molecule has 8 nitrogen and oxygen atoms in total. The number of hydrogen-bond acceptors (Lipinski definition) is 5. The number of fused-ring (bicyclic) bond motifs is 1. The number of aromatic nitrogens is 2. The van der Waals surface area contributed by atoms with Crippen LogP contribution in [0.15, 0.2) is 18.2 Å². The van der Waals surface area contributed by atoms with Crippen molar-refractivity contribution in [3.05, 3.63) is 29.6 Å². The lowest BCUT2D eigenvalue weighted by atomic mass is 9.91. The molecule has 0 bridgehead atoms. The van der Waals surface area contributed by atoms with E-state index in [-0.39, 0.29) is 36.7 Å². The number of nitrogens with two attached hydrogens (primary N) is 1. The van der Waals surface area contributed by atoms with Gasteiger partial charge in [-0.05, 0) is 36.9 Å². The van der Waals surface area contributed by atoms with Gasteiger partial charge in [0.05, 0.1) is 24.2 Å². The Hall–Kier alpha value is -1.87. The van der Waals surface area contributed by atoms with E-state index in [1.807, 2.05) is 18.2 Å². The third kappa shape index (κ3) is 4.10. The summed E-state index contributed by atoms with van der Waals surface area (Å²) in [5.74, 6) is -0.391. The monoisotopic (exact) mass is 429 g/mol. The van der Waals surface area contributed by atoms with Crippen LogP contribution in [-0.2, 0) is 4.74 Å². The fourth-order valence-corrected chi connectivity index (χ4v) is 3.82. The number of amides is 2. The van der Waals surface area contributed by atoms with Gasteiger partial charge in [0.2, 0.25) is 5.82 Å². The Kier molecular flexibility index (Phi) is 7.65. The van der Waals surface area contributed by atoms with Gasteiger partial charge in [0.15, 0.2) is 0 Å². The maximum atomic E-state index is 13.1. The highest BCUT2D eigenvalue weighted by Crippen LogP contribution is 2.30. The third-order valence-corrected chi connectivity index (χ3v) is 5.15. The third-order valence-electron chi connectivity index (χ3n) is 5.15. The van der Waals surface area contributed by atoms with Crippen LogP contribution in [0.5, 0.6) is 0 Å². The molecule has 0 radical (unpaired) electrons. The van der Waals surface area contributed by atoms with E-state index in [1.54, 1.807) is 4.90 Å². The van der Waals surface area contributed by atoms with Crippen molar-refractivity contribution in [2.24, 2.45) is 5.73 Å². The average Bonchev–Trinajstić information content (AvgIpc) is 3.09. The highest BCUT2D eigenvalue weighted by molar-refractivity contribution is 6.01. The number of nitrogens with one attached hydrogen (secondary N) is 1. The minimum atomic E-state index is -0.699. The number of imidazole rings is 1. The lowest BCUT2D eigenvalue weighted by molar-refractivity contribution is 0.0535. The van der Waals surface area contributed by atoms with Gasteiger partial charge in [-0.3, -0.25) is 4.79 Å². The van der Waals surface area contributed by atoms with Gasteiger partial charge in [0.25, 0.3) is 5.91 Å². The van der Waals surface area contributed by atoms with Crippen molar-refractivity contribution in [3.63, 3.8) is 0 Å². The van der Waals surface area contributed by atoms with Crippen molar-refractivity contribution in [1.82, 2.24) is 19.8 Å². The Morgan fingerprint density at radius 1 is 1.21 bits per heavy atom. The quantitative estimate of drug-likeness (QED) is 0.756. The van der Waals surface area contributed by atoms with Crippen LogP contribution in [-0.4, -0.2) is 65.8 Å². The minimum Gasteiger partial charge on any atom is -0.378 e. The molecule has 0 aliphatic carbocycles. The molecular formula is C18H25Cl2N5O3. The molecule has 0 spiro atoms. The Bertz CT molecular complexity index is 845. The number of morpholine rings is 1. The zero-order valence-electron chi connectivity index (χ0n) is 15.4. The molecule has 2 saturated heterocycles. The second-order valence-electron chi connectivity index (χ2n) is 6.78. The van der Waals surface area contributed by atoms with E-state index in [2.05, 4.69) is 10.3 Å². The van der Waals surface area contributed by atoms with Gasteiger partial charge < -0.3 is 20.7 Å². The van der Waals surface area contributed by atoms with Crippen LogP contribution < -0.4 is 11.1 Å². The summed E-state index contributed by atoms with van der Waals surface area (Å²) in [5.41, 5.74) is 7.93. The summed E-state index contributed by atoms with van der Waals surface area (Å²) in [5, 5.41) is 3.40. The zero-order valence-corrected chi connectivity index (χ0v) is 17.1. The first-order valence-corrected chi connectivity index (χ1v) is 9.05. The molecule has 1 aromatic heterocycles. The van der Waals surface area contributed by atoms with Crippen LogP contribution >= 0.6 is 24.8 Å². The molecule has 2 amide bonds. The first kappa shape index (κ1) is 22.4. The summed E-state index contributed by atoms with van der Waals surface area (Å²) in [4.78, 5) is 31.2. The van der Waals surface area contributed by atoms with Crippen molar-refractivity contribution >= 4 is 47.8 Å². The number of benzene rings is 1. The van der Waals surface area contributed by atoms with E-state index in [0.29, 0.717) is 43.3 Å². The number of piperidine rings is 1. The van der Waals surface area contributed by atoms with E-state index >= 15 is 0 Å². The molecule has 2 aliphatic rings. The Morgan fingerprint density at radius 3 is 2.61 bits per heavy atom. The number of rotatable bonds is 2. The van der Waals surface area contributed by atoms with Gasteiger partial charge in [0, 0.05) is 19.6 Å². The Balaban J connectivity index is 0.00000140. The smallest absolute Gasteiger partial charge is 0.330 e. The average molecular weight is 430 g/mol. The SMILES string of the molecule is Cl.Cl.NC(=O)c1nc2c(C3CCCNC3)cccc2n1C(=O)N1CCOCC1. The number of primary amides is 1. The van der Waals surface area contributed by atoms with E-state index in [0.717, 1.165) is 31.5 Å². The lowest BCUT2D eigenvalue weighted by Crippen LogP contribution is -2.43. The van der Waals surface area contributed by atoms with Crippen molar-refractivity contribution < 1.29 is 14.3 Å². The van der Waals surface area contributed by atoms with Gasteiger partial charge >= 0.3 is 6.03 Å². The Morgan fingerprint density at radius 2 is 1.96 bits per heavy atom. The summed E-state index contributed by atoms with van der Waals surface area (Å²) >= 11 is 0. The minimum absolute atomic E-state index is 0. The topological polar surface area (TPSA) is 102 Å². The summed E-state index contributed by atoms with van der Waals surface area (Å²) in [6.07, 6.45) is 2.15. The predicted octanol–water partition coefficient (Wildman–Crippen LogP) is 1.75. The van der Waals surface area contributed by atoms with Crippen molar-refractivity contribution in [2.75, 3.05) is 39.4 Å². The second-order valence-corrected chi connectivity index (χ2v) is 6.78. The van der Waals surface area contributed by atoms with Crippen LogP contribution in [0.2, 0.25) is 0 Å². The normalized spacial score (nSPS) is 19.6. The van der Waals surface area contributed by atoms with Gasteiger partial charge in [0.1, 0.15) is 0 Å². The van der Waals surface area contributed by atoms with Crippen LogP contribution in [0.3, 0.4) is 0 Å². The summed E-state index contributed by atoms with van der Waals surface area (Å²) in [6, 6.07) is 5.50. The fourth-order valence-electron chi connectivity index (χ4n) is 3.82. The highest BCUT2D eigenvalue weighted by Gasteiger charge is 2.28. The van der Waals surface area contributed by atoms with Crippen LogP contribution in [0.4, 0.5) is 4.79 Å². The zero-order chi connectivity index (χ0) is 18.1. The number of ether oxygens (including phenoxy) is 1. The number of carbonyl (C=O) groups excluding carboxylic acids is 2.